The summed E-state index contributed by atoms with van der Waals surface area (Å²) in [5, 5.41) is 14.2. The molecular formula is C12H16IN5O2. The van der Waals surface area contributed by atoms with Gasteiger partial charge in [-0.1, -0.05) is 20.8 Å². The van der Waals surface area contributed by atoms with E-state index in [4.69, 9.17) is 10.8 Å². The third kappa shape index (κ3) is 2.69. The zero-order chi connectivity index (χ0) is 15.1. The first-order valence-electron chi connectivity index (χ1n) is 6.07. The summed E-state index contributed by atoms with van der Waals surface area (Å²) < 4.78 is 2.33. The second-order valence-corrected chi connectivity index (χ2v) is 6.69. The first-order valence-corrected chi connectivity index (χ1v) is 7.15. The number of fused-ring (bicyclic) bond motifs is 1. The lowest BCUT2D eigenvalue weighted by Crippen LogP contribution is -2.28. The third-order valence-electron chi connectivity index (χ3n) is 3.14. The van der Waals surface area contributed by atoms with Crippen molar-refractivity contribution in [3.05, 3.63) is 10.0 Å². The highest BCUT2D eigenvalue weighted by atomic mass is 127. The molecule has 0 radical (unpaired) electrons. The highest BCUT2D eigenvalue weighted by Crippen LogP contribution is 2.36. The topological polar surface area (TPSA) is 107 Å². The molecule has 20 heavy (non-hydrogen) atoms. The molecule has 3 N–H and O–H groups in total. The number of carboxylic acids is 1. The molecular weight excluding hydrogens is 373 g/mol. The number of halogens is 1. The van der Waals surface area contributed by atoms with Crippen LogP contribution in [0, 0.1) is 9.12 Å². The second-order valence-electron chi connectivity index (χ2n) is 5.67. The van der Waals surface area contributed by atoms with Crippen LogP contribution in [0.5, 0.6) is 0 Å². The van der Waals surface area contributed by atoms with E-state index in [2.05, 4.69) is 37.7 Å². The summed E-state index contributed by atoms with van der Waals surface area (Å²) in [6.45, 7) is 5.93. The quantitative estimate of drug-likeness (QED) is 0.779. The number of aromatic nitrogens is 4. The fraction of sp³-hybridized carbons (Fsp3) is 0.500. The number of nitrogens with two attached hydrogens (primary N) is 1. The molecule has 0 saturated heterocycles. The molecule has 2 heterocycles. The fourth-order valence-corrected chi connectivity index (χ4v) is 2.85. The third-order valence-corrected chi connectivity index (χ3v) is 3.89. The van der Waals surface area contributed by atoms with Gasteiger partial charge < -0.3 is 10.8 Å². The molecule has 0 saturated carbocycles. The van der Waals surface area contributed by atoms with E-state index < -0.39 is 5.97 Å². The van der Waals surface area contributed by atoms with Gasteiger partial charge in [0.15, 0.2) is 5.65 Å². The summed E-state index contributed by atoms with van der Waals surface area (Å²) in [4.78, 5) is 19.3. The summed E-state index contributed by atoms with van der Waals surface area (Å²) in [7, 11) is 0. The Morgan fingerprint density at radius 2 is 2.15 bits per heavy atom. The van der Waals surface area contributed by atoms with Gasteiger partial charge in [0.2, 0.25) is 0 Å². The largest absolute Gasteiger partial charge is 0.481 e. The summed E-state index contributed by atoms with van der Waals surface area (Å²) in [6, 6.07) is -0.319. The molecule has 8 heteroatoms. The van der Waals surface area contributed by atoms with Gasteiger partial charge in [-0.2, -0.15) is 5.10 Å². The molecule has 0 amide bonds. The molecule has 0 aliphatic heterocycles. The molecule has 0 aromatic carbocycles. The molecule has 108 valence electrons. The summed E-state index contributed by atoms with van der Waals surface area (Å²) in [5.74, 6) is -0.515. The first-order chi connectivity index (χ1) is 9.21. The summed E-state index contributed by atoms with van der Waals surface area (Å²) in [6.07, 6.45) is 1.34. The zero-order valence-electron chi connectivity index (χ0n) is 11.5. The maximum Gasteiger partial charge on any atom is 0.305 e. The van der Waals surface area contributed by atoms with E-state index in [0.29, 0.717) is 20.6 Å². The highest BCUT2D eigenvalue weighted by Gasteiger charge is 2.32. The van der Waals surface area contributed by atoms with Crippen molar-refractivity contribution in [3.63, 3.8) is 0 Å². The number of anilines is 1. The van der Waals surface area contributed by atoms with Crippen LogP contribution in [0.3, 0.4) is 0 Å². The Bertz CT molecular complexity index is 662. The summed E-state index contributed by atoms with van der Waals surface area (Å²) >= 11 is 2.06. The van der Waals surface area contributed by atoms with Gasteiger partial charge in [-0.3, -0.25) is 4.79 Å². The lowest BCUT2D eigenvalue weighted by Gasteiger charge is -2.29. The molecule has 0 aliphatic carbocycles. The molecule has 0 spiro atoms. The smallest absolute Gasteiger partial charge is 0.305 e. The van der Waals surface area contributed by atoms with E-state index in [0.717, 1.165) is 0 Å². The monoisotopic (exact) mass is 389 g/mol. The number of carbonyl (C=O) groups is 1. The molecule has 2 aromatic rings. The van der Waals surface area contributed by atoms with E-state index in [1.807, 2.05) is 20.8 Å². The van der Waals surface area contributed by atoms with Gasteiger partial charge in [-0.15, -0.1) is 0 Å². The molecule has 2 rings (SSSR count). The average Bonchev–Trinajstić information content (AvgIpc) is 2.63. The summed E-state index contributed by atoms with van der Waals surface area (Å²) in [5.41, 5.74) is 6.15. The molecule has 0 aliphatic rings. The van der Waals surface area contributed by atoms with Crippen molar-refractivity contribution in [2.24, 2.45) is 5.41 Å². The molecule has 0 bridgehead atoms. The standard InChI is InChI=1S/C12H16IN5O2/c1-12(2,3)6(4-7(19)20)18-11-8(9(13)17-18)10(14)15-5-16-11/h5-6H,4H2,1-3H3,(H,19,20)(H2,14,15,16). The second kappa shape index (κ2) is 5.15. The Morgan fingerprint density at radius 3 is 2.70 bits per heavy atom. The van der Waals surface area contributed by atoms with Gasteiger partial charge in [0.25, 0.3) is 0 Å². The van der Waals surface area contributed by atoms with Crippen molar-refractivity contribution in [2.75, 3.05) is 5.73 Å². The minimum absolute atomic E-state index is 0.0275. The first kappa shape index (κ1) is 14.9. The van der Waals surface area contributed by atoms with E-state index in [9.17, 15) is 4.79 Å². The van der Waals surface area contributed by atoms with Crippen LogP contribution < -0.4 is 5.73 Å². The van der Waals surface area contributed by atoms with Crippen LogP contribution in [-0.4, -0.2) is 30.8 Å². The van der Waals surface area contributed by atoms with Crippen molar-refractivity contribution in [1.29, 1.82) is 0 Å². The molecule has 1 unspecified atom stereocenters. The van der Waals surface area contributed by atoms with E-state index in [-0.39, 0.29) is 17.9 Å². The Balaban J connectivity index is 2.66. The Morgan fingerprint density at radius 1 is 1.50 bits per heavy atom. The lowest BCUT2D eigenvalue weighted by molar-refractivity contribution is -0.138. The molecule has 2 aromatic heterocycles. The van der Waals surface area contributed by atoms with Gasteiger partial charge in [-0.25, -0.2) is 14.6 Å². The normalized spacial score (nSPS) is 13.6. The van der Waals surface area contributed by atoms with Crippen molar-refractivity contribution in [1.82, 2.24) is 19.7 Å². The Labute approximate surface area is 129 Å². The fourth-order valence-electron chi connectivity index (χ4n) is 2.10. The number of carboxylic acid groups (broad SMARTS) is 1. The van der Waals surface area contributed by atoms with Gasteiger partial charge in [0.05, 0.1) is 17.8 Å². The van der Waals surface area contributed by atoms with Crippen molar-refractivity contribution in [3.8, 4) is 0 Å². The lowest BCUT2D eigenvalue weighted by atomic mass is 9.85. The van der Waals surface area contributed by atoms with E-state index in [1.54, 1.807) is 4.68 Å². The Kier molecular flexibility index (Phi) is 3.85. The van der Waals surface area contributed by atoms with Crippen LogP contribution in [-0.2, 0) is 4.79 Å². The van der Waals surface area contributed by atoms with E-state index in [1.165, 1.54) is 6.33 Å². The minimum Gasteiger partial charge on any atom is -0.481 e. The minimum atomic E-state index is -0.870. The van der Waals surface area contributed by atoms with Crippen LogP contribution >= 0.6 is 22.6 Å². The van der Waals surface area contributed by atoms with Crippen LogP contribution in [0.1, 0.15) is 33.2 Å². The average molecular weight is 389 g/mol. The van der Waals surface area contributed by atoms with Crippen molar-refractivity contribution < 1.29 is 9.90 Å². The number of nitrogens with zero attached hydrogens (tertiary/aromatic N) is 4. The SMILES string of the molecule is CC(C)(C)C(CC(=O)O)n1nc(I)c2c(N)ncnc21. The zero-order valence-corrected chi connectivity index (χ0v) is 13.6. The van der Waals surface area contributed by atoms with Gasteiger partial charge in [0, 0.05) is 0 Å². The number of rotatable bonds is 3. The number of hydrogen-bond donors (Lipinski definition) is 2. The van der Waals surface area contributed by atoms with E-state index >= 15 is 0 Å². The molecule has 7 nitrogen and oxygen atoms in total. The van der Waals surface area contributed by atoms with Crippen LogP contribution in [0.15, 0.2) is 6.33 Å². The maximum atomic E-state index is 11.1. The van der Waals surface area contributed by atoms with Crippen molar-refractivity contribution >= 4 is 45.4 Å². The highest BCUT2D eigenvalue weighted by molar-refractivity contribution is 14.1. The van der Waals surface area contributed by atoms with Crippen LogP contribution in [0.4, 0.5) is 5.82 Å². The van der Waals surface area contributed by atoms with Crippen LogP contribution in [0.2, 0.25) is 0 Å². The number of hydrogen-bond acceptors (Lipinski definition) is 5. The Hall–Kier alpha value is -1.45. The predicted octanol–water partition coefficient (Wildman–Crippen LogP) is 2.07. The number of aliphatic carboxylic acids is 1. The number of nitrogen functional groups attached to an aromatic ring is 1. The van der Waals surface area contributed by atoms with Gasteiger partial charge >= 0.3 is 5.97 Å². The molecule has 1 atom stereocenters. The maximum absolute atomic E-state index is 11.1. The van der Waals surface area contributed by atoms with Gasteiger partial charge in [0.1, 0.15) is 15.8 Å². The predicted molar refractivity (Wildman–Crippen MR) is 83.2 cm³/mol. The van der Waals surface area contributed by atoms with Gasteiger partial charge in [-0.05, 0) is 28.0 Å². The van der Waals surface area contributed by atoms with Crippen molar-refractivity contribution in [2.45, 2.75) is 33.2 Å². The molecule has 0 fully saturated rings. The van der Waals surface area contributed by atoms with Crippen LogP contribution in [0.25, 0.3) is 11.0 Å².